The minimum Gasteiger partial charge on any atom is -0.491 e. The van der Waals surface area contributed by atoms with E-state index in [0.29, 0.717) is 55.7 Å². The number of likely N-dealkylation sites (tertiary alicyclic amines) is 1. The second kappa shape index (κ2) is 10.3. The zero-order valence-corrected chi connectivity index (χ0v) is 17.7. The molecule has 2 heterocycles. The van der Waals surface area contributed by atoms with E-state index in [2.05, 4.69) is 10.2 Å². The lowest BCUT2D eigenvalue weighted by Crippen LogP contribution is -2.48. The van der Waals surface area contributed by atoms with Crippen LogP contribution in [0.5, 0.6) is 17.2 Å². The average Bonchev–Trinajstić information content (AvgIpc) is 2.72. The number of rotatable bonds is 8. The Morgan fingerprint density at radius 3 is 2.79 bits per heavy atom. The summed E-state index contributed by atoms with van der Waals surface area (Å²) in [6, 6.07) is 1.53. The Kier molecular flexibility index (Phi) is 7.83. The third-order valence-electron chi connectivity index (χ3n) is 5.32. The number of piperidine rings is 1. The van der Waals surface area contributed by atoms with Crippen LogP contribution in [0, 0.1) is 5.92 Å². The molecule has 2 N–H and O–H groups in total. The lowest BCUT2D eigenvalue weighted by atomic mass is 9.93. The van der Waals surface area contributed by atoms with Gasteiger partial charge in [-0.25, -0.2) is 0 Å². The van der Waals surface area contributed by atoms with E-state index in [1.165, 1.54) is 13.2 Å². The van der Waals surface area contributed by atoms with Gasteiger partial charge in [-0.05, 0) is 25.5 Å². The van der Waals surface area contributed by atoms with Gasteiger partial charge in [-0.3, -0.25) is 4.79 Å². The number of fused-ring (bicyclic) bond motifs is 1. The number of nitrogens with zero attached hydrogens (tertiary/aromatic N) is 1. The molecule has 162 valence electrons. The van der Waals surface area contributed by atoms with E-state index in [9.17, 15) is 9.90 Å². The molecule has 0 bridgehead atoms. The van der Waals surface area contributed by atoms with Gasteiger partial charge in [0.25, 0.3) is 5.91 Å². The lowest BCUT2D eigenvalue weighted by Gasteiger charge is -2.36. The molecule has 1 aromatic carbocycles. The van der Waals surface area contributed by atoms with Gasteiger partial charge in [0.2, 0.25) is 5.75 Å². The van der Waals surface area contributed by atoms with Gasteiger partial charge in [-0.15, -0.1) is 0 Å². The SMILES string of the molecule is COCCCN1CC[C@@H](CNC(=O)c2cc(Cl)c(OC)c3c2OCCO3)[C@H](O)C1. The molecule has 0 radical (unpaired) electrons. The Morgan fingerprint density at radius 1 is 1.34 bits per heavy atom. The Morgan fingerprint density at radius 2 is 2.10 bits per heavy atom. The van der Waals surface area contributed by atoms with E-state index in [-0.39, 0.29) is 16.8 Å². The van der Waals surface area contributed by atoms with Crippen LogP contribution in [-0.2, 0) is 4.74 Å². The summed E-state index contributed by atoms with van der Waals surface area (Å²) in [6.45, 7) is 4.20. The maximum Gasteiger partial charge on any atom is 0.255 e. The summed E-state index contributed by atoms with van der Waals surface area (Å²) >= 11 is 6.26. The van der Waals surface area contributed by atoms with E-state index < -0.39 is 6.10 Å². The van der Waals surface area contributed by atoms with Gasteiger partial charge in [0.15, 0.2) is 11.5 Å². The number of hydrogen-bond donors (Lipinski definition) is 2. The first-order chi connectivity index (χ1) is 14.0. The summed E-state index contributed by atoms with van der Waals surface area (Å²) in [5.74, 6) is 0.726. The Hall–Kier alpha value is -1.74. The molecule has 29 heavy (non-hydrogen) atoms. The van der Waals surface area contributed by atoms with Crippen LogP contribution in [0.2, 0.25) is 5.02 Å². The third-order valence-corrected chi connectivity index (χ3v) is 5.60. The second-order valence-corrected chi connectivity index (χ2v) is 7.67. The van der Waals surface area contributed by atoms with Crippen LogP contribution >= 0.6 is 11.6 Å². The van der Waals surface area contributed by atoms with Crippen LogP contribution in [0.25, 0.3) is 0 Å². The highest BCUT2D eigenvalue weighted by Crippen LogP contribution is 2.46. The normalized spacial score (nSPS) is 21.7. The largest absolute Gasteiger partial charge is 0.491 e. The Balaban J connectivity index is 1.60. The minimum absolute atomic E-state index is 0.000611. The van der Waals surface area contributed by atoms with Crippen LogP contribution in [0.3, 0.4) is 0 Å². The van der Waals surface area contributed by atoms with E-state index in [4.69, 9.17) is 30.5 Å². The van der Waals surface area contributed by atoms with Crippen molar-refractivity contribution in [2.24, 2.45) is 5.92 Å². The fourth-order valence-electron chi connectivity index (χ4n) is 3.75. The van der Waals surface area contributed by atoms with Crippen molar-refractivity contribution in [1.82, 2.24) is 10.2 Å². The summed E-state index contributed by atoms with van der Waals surface area (Å²) in [6.07, 6.45) is 1.27. The zero-order chi connectivity index (χ0) is 20.8. The molecule has 0 spiro atoms. The number of amides is 1. The van der Waals surface area contributed by atoms with Crippen molar-refractivity contribution in [2.45, 2.75) is 18.9 Å². The topological polar surface area (TPSA) is 89.5 Å². The fourth-order valence-corrected chi connectivity index (χ4v) is 4.02. The molecule has 0 saturated carbocycles. The predicted octanol–water partition coefficient (Wildman–Crippen LogP) is 1.57. The molecular weight excluding hydrogens is 400 g/mol. The number of benzene rings is 1. The number of aliphatic hydroxyl groups excluding tert-OH is 1. The highest BCUT2D eigenvalue weighted by Gasteiger charge is 2.30. The standard InChI is InChI=1S/C20H29ClN2O6/c1-26-7-3-5-23-6-4-13(16(24)12-23)11-22-20(25)14-10-15(21)18(27-2)19-17(14)28-8-9-29-19/h10,13,16,24H,3-9,11-12H2,1-2H3,(H,22,25)/t13-,16+/m0/s1. The molecule has 0 aromatic heterocycles. The summed E-state index contributed by atoms with van der Waals surface area (Å²) < 4.78 is 21.6. The molecule has 3 rings (SSSR count). The van der Waals surface area contributed by atoms with Crippen molar-refractivity contribution in [3.8, 4) is 17.2 Å². The van der Waals surface area contributed by atoms with Gasteiger partial charge >= 0.3 is 0 Å². The zero-order valence-electron chi connectivity index (χ0n) is 16.9. The molecule has 1 amide bonds. The molecule has 1 aromatic rings. The highest BCUT2D eigenvalue weighted by atomic mass is 35.5. The quantitative estimate of drug-likeness (QED) is 0.607. The van der Waals surface area contributed by atoms with Gasteiger partial charge in [0.1, 0.15) is 13.2 Å². The van der Waals surface area contributed by atoms with Gasteiger partial charge in [-0.1, -0.05) is 11.6 Å². The van der Waals surface area contributed by atoms with Crippen molar-refractivity contribution in [2.75, 3.05) is 60.2 Å². The molecule has 9 heteroatoms. The highest BCUT2D eigenvalue weighted by molar-refractivity contribution is 6.33. The molecule has 0 aliphatic carbocycles. The molecule has 2 atom stereocenters. The smallest absolute Gasteiger partial charge is 0.255 e. The van der Waals surface area contributed by atoms with Gasteiger partial charge in [0, 0.05) is 39.3 Å². The number of halogens is 1. The number of β-amino-alcohol motifs (C(OH)–C–C–N with tert-alkyl or cyclic N) is 1. The van der Waals surface area contributed by atoms with Crippen LogP contribution in [0.1, 0.15) is 23.2 Å². The summed E-state index contributed by atoms with van der Waals surface area (Å²) in [7, 11) is 3.18. The number of methoxy groups -OCH3 is 2. The molecule has 2 aliphatic rings. The van der Waals surface area contributed by atoms with Crippen molar-refractivity contribution in [1.29, 1.82) is 0 Å². The van der Waals surface area contributed by atoms with Gasteiger partial charge in [-0.2, -0.15) is 0 Å². The number of nitrogens with one attached hydrogen (secondary N) is 1. The monoisotopic (exact) mass is 428 g/mol. The molecule has 1 fully saturated rings. The third kappa shape index (κ3) is 5.25. The number of aliphatic hydroxyl groups is 1. The van der Waals surface area contributed by atoms with E-state index >= 15 is 0 Å². The first kappa shape index (κ1) is 22.0. The maximum absolute atomic E-state index is 12.8. The Bertz CT molecular complexity index is 717. The first-order valence-corrected chi connectivity index (χ1v) is 10.3. The molecule has 2 aliphatic heterocycles. The molecule has 1 saturated heterocycles. The number of carbonyl (C=O) groups is 1. The van der Waals surface area contributed by atoms with Crippen LogP contribution < -0.4 is 19.5 Å². The number of carbonyl (C=O) groups excluding carboxylic acids is 1. The van der Waals surface area contributed by atoms with Crippen molar-refractivity contribution in [3.63, 3.8) is 0 Å². The van der Waals surface area contributed by atoms with E-state index in [1.807, 2.05) is 0 Å². The predicted molar refractivity (Wildman–Crippen MR) is 108 cm³/mol. The van der Waals surface area contributed by atoms with Crippen molar-refractivity contribution < 1.29 is 28.8 Å². The van der Waals surface area contributed by atoms with Crippen molar-refractivity contribution in [3.05, 3.63) is 16.7 Å². The number of hydrogen-bond acceptors (Lipinski definition) is 7. The summed E-state index contributed by atoms with van der Waals surface area (Å²) in [5, 5.41) is 13.7. The minimum atomic E-state index is -0.487. The van der Waals surface area contributed by atoms with E-state index in [1.54, 1.807) is 7.11 Å². The number of ether oxygens (including phenoxy) is 4. The molecule has 8 nitrogen and oxygen atoms in total. The molecule has 0 unspecified atom stereocenters. The molecular formula is C20H29ClN2O6. The van der Waals surface area contributed by atoms with E-state index in [0.717, 1.165) is 25.9 Å². The van der Waals surface area contributed by atoms with Crippen molar-refractivity contribution >= 4 is 17.5 Å². The second-order valence-electron chi connectivity index (χ2n) is 7.27. The first-order valence-electron chi connectivity index (χ1n) is 9.88. The summed E-state index contributed by atoms with van der Waals surface area (Å²) in [4.78, 5) is 15.0. The maximum atomic E-state index is 12.8. The van der Waals surface area contributed by atoms with Crippen LogP contribution in [-0.4, -0.2) is 82.2 Å². The van der Waals surface area contributed by atoms with Crippen LogP contribution in [0.15, 0.2) is 6.07 Å². The summed E-state index contributed by atoms with van der Waals surface area (Å²) in [5.41, 5.74) is 0.303. The fraction of sp³-hybridized carbons (Fsp3) is 0.650. The van der Waals surface area contributed by atoms with Gasteiger partial charge < -0.3 is 34.3 Å². The average molecular weight is 429 g/mol. The lowest BCUT2D eigenvalue weighted by molar-refractivity contribution is 0.0192. The van der Waals surface area contributed by atoms with Crippen LogP contribution in [0.4, 0.5) is 0 Å². The van der Waals surface area contributed by atoms with Gasteiger partial charge in [0.05, 0.1) is 23.8 Å². The Labute approximate surface area is 176 Å².